The van der Waals surface area contributed by atoms with Gasteiger partial charge in [0.05, 0.1) is 75.7 Å². The molecular formula is C44H40BrClFN9O5. The Morgan fingerprint density at radius 3 is 2.43 bits per heavy atom. The first-order valence-corrected chi connectivity index (χ1v) is 19.8. The summed E-state index contributed by atoms with van der Waals surface area (Å²) >= 11 is 9.51. The number of aryl methyl sites for hydroxylation is 3. The standard InChI is InChI=1S/C27H25N5O2.C17H15BrClFN4O3/c1-17-8-9-21(31-25(33)18-6-5-7-19(12-18)27(2,3)15-28)14-24(17)30-20-10-11-23-22(13-20)26(34)32(4)16-29-23;1-24-8-21-16-13(24)7-10(17(26)23-27-5-4-25)15(14(16)20)22-12-3-2-9(18)6-11(12)19/h5-14,16,30H,1-4H3,(H,31,33);2-3,6-8,22,25H,4-5H2,1H3,(H,23,26). The highest BCUT2D eigenvalue weighted by atomic mass is 79.9. The number of aromatic nitrogens is 4. The number of carbonyl (C=O) groups is 2. The molecule has 0 unspecified atom stereocenters. The lowest BCUT2D eigenvalue weighted by atomic mass is 9.85. The molecule has 7 aromatic rings. The predicted octanol–water partition coefficient (Wildman–Crippen LogP) is 8.56. The van der Waals surface area contributed by atoms with E-state index in [1.807, 2.05) is 51.1 Å². The topological polar surface area (TPSA) is 188 Å². The molecule has 2 heterocycles. The van der Waals surface area contributed by atoms with Gasteiger partial charge in [0.1, 0.15) is 5.52 Å². The lowest BCUT2D eigenvalue weighted by Crippen LogP contribution is -2.26. The third kappa shape index (κ3) is 10.0. The summed E-state index contributed by atoms with van der Waals surface area (Å²) in [5, 5.41) is 28.2. The van der Waals surface area contributed by atoms with E-state index < -0.39 is 17.1 Å². The van der Waals surface area contributed by atoms with Crippen LogP contribution in [0.5, 0.6) is 0 Å². The molecule has 5 aromatic carbocycles. The molecule has 17 heteroatoms. The smallest absolute Gasteiger partial charge is 0.277 e. The van der Waals surface area contributed by atoms with Gasteiger partial charge < -0.3 is 30.2 Å². The second-order valence-electron chi connectivity index (χ2n) is 14.4. The summed E-state index contributed by atoms with van der Waals surface area (Å²) < 4.78 is 18.9. The molecule has 61 heavy (non-hydrogen) atoms. The number of hydrogen-bond donors (Lipinski definition) is 5. The normalized spacial score (nSPS) is 11.1. The van der Waals surface area contributed by atoms with Crippen LogP contribution in [0.1, 0.15) is 45.7 Å². The largest absolute Gasteiger partial charge is 0.394 e. The first kappa shape index (κ1) is 43.9. The number of benzene rings is 5. The molecule has 0 atom stereocenters. The second kappa shape index (κ2) is 18.7. The monoisotopic (exact) mass is 907 g/mol. The van der Waals surface area contributed by atoms with Gasteiger partial charge in [0, 0.05) is 41.2 Å². The average Bonchev–Trinajstić information content (AvgIpc) is 3.62. The van der Waals surface area contributed by atoms with Gasteiger partial charge in [-0.1, -0.05) is 45.7 Å². The zero-order valence-corrected chi connectivity index (χ0v) is 35.9. The van der Waals surface area contributed by atoms with Crippen LogP contribution in [0.15, 0.2) is 107 Å². The van der Waals surface area contributed by atoms with Crippen molar-refractivity contribution in [3.05, 3.63) is 146 Å². The molecule has 0 radical (unpaired) electrons. The number of nitrogens with zero attached hydrogens (tertiary/aromatic N) is 5. The maximum atomic E-state index is 15.1. The molecule has 2 amide bonds. The quantitative estimate of drug-likeness (QED) is 0.0622. The average molecular weight is 909 g/mol. The Kier molecular flexibility index (Phi) is 13.5. The van der Waals surface area contributed by atoms with Gasteiger partial charge in [-0.3, -0.25) is 19.2 Å². The number of carbonyl (C=O) groups excluding carboxylic acids is 2. The van der Waals surface area contributed by atoms with E-state index in [1.54, 1.807) is 67.2 Å². The van der Waals surface area contributed by atoms with E-state index in [1.165, 1.54) is 23.3 Å². The number of nitriles is 1. The van der Waals surface area contributed by atoms with Crippen molar-refractivity contribution < 1.29 is 23.9 Å². The Bertz CT molecular complexity index is 2910. The molecule has 7 rings (SSSR count). The van der Waals surface area contributed by atoms with Crippen LogP contribution in [0.2, 0.25) is 5.02 Å². The van der Waals surface area contributed by atoms with Crippen molar-refractivity contribution in [1.82, 2.24) is 24.6 Å². The summed E-state index contributed by atoms with van der Waals surface area (Å²) in [5.74, 6) is -1.63. The Morgan fingerprint density at radius 1 is 0.934 bits per heavy atom. The fourth-order valence-corrected chi connectivity index (χ4v) is 6.79. The van der Waals surface area contributed by atoms with Gasteiger partial charge in [0.15, 0.2) is 5.82 Å². The fourth-order valence-electron chi connectivity index (χ4n) is 6.06. The van der Waals surface area contributed by atoms with E-state index in [9.17, 15) is 19.6 Å². The van der Waals surface area contributed by atoms with Crippen molar-refractivity contribution in [2.24, 2.45) is 14.1 Å². The zero-order valence-electron chi connectivity index (χ0n) is 33.6. The van der Waals surface area contributed by atoms with Gasteiger partial charge in [-0.15, -0.1) is 0 Å². The Balaban J connectivity index is 0.000000210. The number of amides is 2. The van der Waals surface area contributed by atoms with Crippen LogP contribution in [0.4, 0.5) is 32.8 Å². The summed E-state index contributed by atoms with van der Waals surface area (Å²) in [4.78, 5) is 51.0. The highest BCUT2D eigenvalue weighted by molar-refractivity contribution is 9.10. The maximum absolute atomic E-state index is 15.1. The number of hydrogen-bond acceptors (Lipinski definition) is 10. The molecular weight excluding hydrogens is 869 g/mol. The molecule has 0 saturated heterocycles. The number of aliphatic hydroxyl groups excluding tert-OH is 1. The lowest BCUT2D eigenvalue weighted by Gasteiger charge is -2.17. The SMILES string of the molecule is Cc1ccc(NC(=O)c2cccc(C(C)(C)C#N)c2)cc1Nc1ccc2ncn(C)c(=O)c2c1.Cn1cnc2c(F)c(Nc3ccc(Br)cc3Cl)c(C(=O)NOCCO)cc21. The molecule has 5 N–H and O–H groups in total. The number of fused-ring (bicyclic) bond motifs is 2. The second-order valence-corrected chi connectivity index (χ2v) is 15.7. The van der Waals surface area contributed by atoms with Crippen LogP contribution in [-0.4, -0.2) is 49.2 Å². The number of imidazole rings is 1. The van der Waals surface area contributed by atoms with Crippen LogP contribution < -0.4 is 27.0 Å². The van der Waals surface area contributed by atoms with Crippen LogP contribution in [0.25, 0.3) is 21.9 Å². The van der Waals surface area contributed by atoms with Crippen molar-refractivity contribution in [2.75, 3.05) is 29.2 Å². The summed E-state index contributed by atoms with van der Waals surface area (Å²) in [6.07, 6.45) is 2.96. The molecule has 0 bridgehead atoms. The molecule has 0 aliphatic heterocycles. The van der Waals surface area contributed by atoms with E-state index in [0.717, 1.165) is 27.0 Å². The Morgan fingerprint density at radius 2 is 1.69 bits per heavy atom. The minimum atomic E-state index is -0.695. The van der Waals surface area contributed by atoms with E-state index >= 15 is 4.39 Å². The van der Waals surface area contributed by atoms with Crippen LogP contribution >= 0.6 is 27.5 Å². The van der Waals surface area contributed by atoms with Gasteiger partial charge in [0.2, 0.25) is 0 Å². The van der Waals surface area contributed by atoms with Crippen molar-refractivity contribution >= 4 is 89.7 Å². The summed E-state index contributed by atoms with van der Waals surface area (Å²) in [6, 6.07) is 26.9. The summed E-state index contributed by atoms with van der Waals surface area (Å²) in [7, 11) is 3.36. The highest BCUT2D eigenvalue weighted by Crippen LogP contribution is 2.34. The molecule has 2 aromatic heterocycles. The molecule has 0 saturated carbocycles. The Labute approximate surface area is 363 Å². The number of hydroxylamine groups is 1. The number of aliphatic hydroxyl groups is 1. The number of halogens is 3. The minimum Gasteiger partial charge on any atom is -0.394 e. The molecule has 0 spiro atoms. The van der Waals surface area contributed by atoms with E-state index in [4.69, 9.17) is 21.5 Å². The van der Waals surface area contributed by atoms with Gasteiger partial charge in [-0.05, 0) is 98.6 Å². The van der Waals surface area contributed by atoms with Gasteiger partial charge in [-0.2, -0.15) is 5.26 Å². The van der Waals surface area contributed by atoms with Gasteiger partial charge in [0.25, 0.3) is 17.4 Å². The maximum Gasteiger partial charge on any atom is 0.277 e. The van der Waals surface area contributed by atoms with E-state index in [2.05, 4.69) is 53.4 Å². The first-order valence-electron chi connectivity index (χ1n) is 18.6. The lowest BCUT2D eigenvalue weighted by molar-refractivity contribution is 0.0169. The van der Waals surface area contributed by atoms with Crippen molar-refractivity contribution in [3.8, 4) is 6.07 Å². The van der Waals surface area contributed by atoms with Crippen molar-refractivity contribution in [3.63, 3.8) is 0 Å². The molecule has 0 fully saturated rings. The summed E-state index contributed by atoms with van der Waals surface area (Å²) in [5.41, 5.74) is 7.30. The molecule has 14 nitrogen and oxygen atoms in total. The van der Waals surface area contributed by atoms with Crippen molar-refractivity contribution in [1.29, 1.82) is 5.26 Å². The minimum absolute atomic E-state index is 0.000486. The number of rotatable bonds is 11. The zero-order chi connectivity index (χ0) is 44.0. The fraction of sp³-hybridized carbons (Fsp3) is 0.182. The predicted molar refractivity (Wildman–Crippen MR) is 238 cm³/mol. The van der Waals surface area contributed by atoms with Gasteiger partial charge in [-0.25, -0.2) is 19.8 Å². The number of anilines is 5. The summed E-state index contributed by atoms with van der Waals surface area (Å²) in [6.45, 7) is 5.24. The van der Waals surface area contributed by atoms with Crippen LogP contribution in [0, 0.1) is 24.1 Å². The van der Waals surface area contributed by atoms with Crippen molar-refractivity contribution in [2.45, 2.75) is 26.2 Å². The van der Waals surface area contributed by atoms with Crippen LogP contribution in [0.3, 0.4) is 0 Å². The third-order valence-corrected chi connectivity index (χ3v) is 10.4. The highest BCUT2D eigenvalue weighted by Gasteiger charge is 2.23. The Hall–Kier alpha value is -6.64. The third-order valence-electron chi connectivity index (χ3n) is 9.57. The first-order chi connectivity index (χ1) is 29.1. The number of nitrogens with one attached hydrogen (secondary N) is 4. The molecule has 312 valence electrons. The molecule has 0 aliphatic carbocycles. The van der Waals surface area contributed by atoms with E-state index in [0.29, 0.717) is 38.4 Å². The van der Waals surface area contributed by atoms with Crippen LogP contribution in [-0.2, 0) is 24.3 Å². The molecule has 0 aliphatic rings. The van der Waals surface area contributed by atoms with Gasteiger partial charge >= 0.3 is 0 Å². The van der Waals surface area contributed by atoms with E-state index in [-0.39, 0.29) is 41.4 Å².